The molecule has 0 aliphatic heterocycles. The van der Waals surface area contributed by atoms with Gasteiger partial charge in [-0.3, -0.25) is 0 Å². The molecule has 0 atom stereocenters. The maximum atomic E-state index is 11.3. The number of rotatable bonds is 4. The van der Waals surface area contributed by atoms with E-state index in [1.165, 1.54) is 11.6 Å². The molecule has 3 rings (SSSR count). The average Bonchev–Trinajstić information content (AvgIpc) is 3.04. The van der Waals surface area contributed by atoms with E-state index in [2.05, 4.69) is 24.0 Å². The predicted octanol–water partition coefficient (Wildman–Crippen LogP) is 4.23. The van der Waals surface area contributed by atoms with E-state index >= 15 is 0 Å². The number of carboxylic acids is 1. The van der Waals surface area contributed by atoms with Crippen molar-refractivity contribution in [1.82, 2.24) is 10.1 Å². The number of benzene rings is 2. The standard InChI is InChI=1S/C18H16N2O3/c1-11(2)12-7-9-13(10-8-12)16-19-17(23-20-16)14-5-3-4-6-15(14)18(21)22/h3-11H,1-2H3,(H,21,22). The van der Waals surface area contributed by atoms with Gasteiger partial charge in [-0.15, -0.1) is 0 Å². The SMILES string of the molecule is CC(C)c1ccc(-c2noc(-c3ccccc3C(=O)O)n2)cc1. The fourth-order valence-electron chi connectivity index (χ4n) is 2.32. The molecule has 1 aromatic heterocycles. The highest BCUT2D eigenvalue weighted by Gasteiger charge is 2.17. The third kappa shape index (κ3) is 2.99. The second-order valence-electron chi connectivity index (χ2n) is 5.55. The van der Waals surface area contributed by atoms with Gasteiger partial charge in [0.1, 0.15) is 0 Å². The molecule has 3 aromatic rings. The molecule has 0 unspecified atom stereocenters. The molecule has 5 heteroatoms. The van der Waals surface area contributed by atoms with Crippen LogP contribution in [0.1, 0.15) is 35.7 Å². The van der Waals surface area contributed by atoms with Crippen LogP contribution >= 0.6 is 0 Å². The summed E-state index contributed by atoms with van der Waals surface area (Å²) in [7, 11) is 0. The van der Waals surface area contributed by atoms with Crippen molar-refractivity contribution in [3.05, 3.63) is 59.7 Å². The summed E-state index contributed by atoms with van der Waals surface area (Å²) in [5.74, 6) is 0.0652. The van der Waals surface area contributed by atoms with Crippen LogP contribution in [-0.4, -0.2) is 21.2 Å². The lowest BCUT2D eigenvalue weighted by Crippen LogP contribution is -1.99. The number of hydrogen-bond donors (Lipinski definition) is 1. The second kappa shape index (κ2) is 6.04. The van der Waals surface area contributed by atoms with E-state index in [0.717, 1.165) is 5.56 Å². The van der Waals surface area contributed by atoms with Crippen molar-refractivity contribution in [2.24, 2.45) is 0 Å². The summed E-state index contributed by atoms with van der Waals surface area (Å²) in [5, 5.41) is 13.2. The van der Waals surface area contributed by atoms with Crippen molar-refractivity contribution in [3.8, 4) is 22.8 Å². The second-order valence-corrected chi connectivity index (χ2v) is 5.55. The van der Waals surface area contributed by atoms with Crippen LogP contribution < -0.4 is 0 Å². The lowest BCUT2D eigenvalue weighted by Gasteiger charge is -2.04. The number of aromatic carboxylic acids is 1. The Morgan fingerprint density at radius 1 is 1.09 bits per heavy atom. The molecule has 0 fully saturated rings. The molecule has 23 heavy (non-hydrogen) atoms. The fraction of sp³-hybridized carbons (Fsp3) is 0.167. The average molecular weight is 308 g/mol. The first-order valence-corrected chi connectivity index (χ1v) is 7.33. The third-order valence-corrected chi connectivity index (χ3v) is 3.65. The first-order chi connectivity index (χ1) is 11.1. The zero-order valence-corrected chi connectivity index (χ0v) is 12.9. The molecule has 1 heterocycles. The summed E-state index contributed by atoms with van der Waals surface area (Å²) in [6.45, 7) is 4.26. The largest absolute Gasteiger partial charge is 0.478 e. The molecule has 0 aliphatic carbocycles. The van der Waals surface area contributed by atoms with Gasteiger partial charge in [-0.1, -0.05) is 55.4 Å². The quantitative estimate of drug-likeness (QED) is 0.780. The first-order valence-electron chi connectivity index (χ1n) is 7.33. The highest BCUT2D eigenvalue weighted by Crippen LogP contribution is 2.26. The van der Waals surface area contributed by atoms with Gasteiger partial charge >= 0.3 is 5.97 Å². The van der Waals surface area contributed by atoms with Crippen molar-refractivity contribution >= 4 is 5.97 Å². The highest BCUT2D eigenvalue weighted by molar-refractivity contribution is 5.94. The molecular weight excluding hydrogens is 292 g/mol. The number of hydrogen-bond acceptors (Lipinski definition) is 4. The number of nitrogens with zero attached hydrogens (tertiary/aromatic N) is 2. The molecule has 1 N–H and O–H groups in total. The summed E-state index contributed by atoms with van der Waals surface area (Å²) < 4.78 is 5.25. The van der Waals surface area contributed by atoms with Crippen LogP contribution in [0.4, 0.5) is 0 Å². The van der Waals surface area contributed by atoms with E-state index in [1.54, 1.807) is 18.2 Å². The Morgan fingerprint density at radius 2 is 1.78 bits per heavy atom. The van der Waals surface area contributed by atoms with Gasteiger partial charge in [0.15, 0.2) is 0 Å². The van der Waals surface area contributed by atoms with E-state index in [4.69, 9.17) is 4.52 Å². The number of aromatic nitrogens is 2. The Kier molecular flexibility index (Phi) is 3.93. The molecule has 2 aromatic carbocycles. The minimum atomic E-state index is -1.03. The van der Waals surface area contributed by atoms with Crippen molar-refractivity contribution in [3.63, 3.8) is 0 Å². The van der Waals surface area contributed by atoms with Crippen LogP contribution in [0, 0.1) is 0 Å². The monoisotopic (exact) mass is 308 g/mol. The lowest BCUT2D eigenvalue weighted by atomic mass is 10.0. The van der Waals surface area contributed by atoms with Gasteiger partial charge in [0.05, 0.1) is 11.1 Å². The van der Waals surface area contributed by atoms with Crippen LogP contribution in [0.15, 0.2) is 53.1 Å². The van der Waals surface area contributed by atoms with Gasteiger partial charge in [0.25, 0.3) is 5.89 Å². The Morgan fingerprint density at radius 3 is 2.43 bits per heavy atom. The molecule has 116 valence electrons. The maximum Gasteiger partial charge on any atom is 0.336 e. The molecule has 0 saturated carbocycles. The lowest BCUT2D eigenvalue weighted by molar-refractivity contribution is 0.0697. The van der Waals surface area contributed by atoms with Crippen LogP contribution in [-0.2, 0) is 0 Å². The van der Waals surface area contributed by atoms with E-state index in [0.29, 0.717) is 17.3 Å². The van der Waals surface area contributed by atoms with Gasteiger partial charge in [0, 0.05) is 5.56 Å². The van der Waals surface area contributed by atoms with Gasteiger partial charge < -0.3 is 9.63 Å². The highest BCUT2D eigenvalue weighted by atomic mass is 16.5. The third-order valence-electron chi connectivity index (χ3n) is 3.65. The molecule has 0 amide bonds. The van der Waals surface area contributed by atoms with Gasteiger partial charge in [-0.2, -0.15) is 4.98 Å². The molecular formula is C18H16N2O3. The summed E-state index contributed by atoms with van der Waals surface area (Å²) in [4.78, 5) is 15.6. The molecule has 5 nitrogen and oxygen atoms in total. The normalized spacial score (nSPS) is 10.9. The fourth-order valence-corrected chi connectivity index (χ4v) is 2.32. The first kappa shape index (κ1) is 15.0. The number of carboxylic acid groups (broad SMARTS) is 1. The topological polar surface area (TPSA) is 76.2 Å². The van der Waals surface area contributed by atoms with Crippen molar-refractivity contribution in [1.29, 1.82) is 0 Å². The Bertz CT molecular complexity index is 835. The molecule has 0 aliphatic rings. The minimum Gasteiger partial charge on any atom is -0.478 e. The summed E-state index contributed by atoms with van der Waals surface area (Å²) in [5.41, 5.74) is 2.61. The summed E-state index contributed by atoms with van der Waals surface area (Å²) in [6, 6.07) is 14.5. The summed E-state index contributed by atoms with van der Waals surface area (Å²) in [6.07, 6.45) is 0. The van der Waals surface area contributed by atoms with Crippen LogP contribution in [0.5, 0.6) is 0 Å². The smallest absolute Gasteiger partial charge is 0.336 e. The molecule has 0 radical (unpaired) electrons. The van der Waals surface area contributed by atoms with Crippen LogP contribution in [0.3, 0.4) is 0 Å². The van der Waals surface area contributed by atoms with E-state index in [1.807, 2.05) is 24.3 Å². The zero-order valence-electron chi connectivity index (χ0n) is 12.9. The molecule has 0 saturated heterocycles. The van der Waals surface area contributed by atoms with Gasteiger partial charge in [-0.05, 0) is 23.6 Å². The van der Waals surface area contributed by atoms with Crippen molar-refractivity contribution in [2.45, 2.75) is 19.8 Å². The number of carbonyl (C=O) groups is 1. The van der Waals surface area contributed by atoms with Crippen LogP contribution in [0.25, 0.3) is 22.8 Å². The van der Waals surface area contributed by atoms with Crippen molar-refractivity contribution in [2.75, 3.05) is 0 Å². The Hall–Kier alpha value is -2.95. The summed E-state index contributed by atoms with van der Waals surface area (Å²) >= 11 is 0. The van der Waals surface area contributed by atoms with Crippen molar-refractivity contribution < 1.29 is 14.4 Å². The maximum absolute atomic E-state index is 11.3. The van der Waals surface area contributed by atoms with E-state index in [9.17, 15) is 9.90 Å². The predicted molar refractivity (Wildman–Crippen MR) is 86.2 cm³/mol. The van der Waals surface area contributed by atoms with Gasteiger partial charge in [0.2, 0.25) is 5.82 Å². The van der Waals surface area contributed by atoms with Gasteiger partial charge in [-0.25, -0.2) is 4.79 Å². The van der Waals surface area contributed by atoms with E-state index < -0.39 is 5.97 Å². The Labute approximate surface area is 133 Å². The van der Waals surface area contributed by atoms with Crippen LogP contribution in [0.2, 0.25) is 0 Å². The minimum absolute atomic E-state index is 0.137. The molecule has 0 spiro atoms. The Balaban J connectivity index is 1.96. The van der Waals surface area contributed by atoms with E-state index in [-0.39, 0.29) is 11.5 Å². The molecule has 0 bridgehead atoms. The zero-order chi connectivity index (χ0) is 16.4.